The molecule has 2 nitrogen and oxygen atoms in total. The molecule has 1 aliphatic carbocycles. The lowest BCUT2D eigenvalue weighted by Gasteiger charge is -2.33. The van der Waals surface area contributed by atoms with E-state index in [1.54, 1.807) is 0 Å². The van der Waals surface area contributed by atoms with E-state index in [-0.39, 0.29) is 0 Å². The van der Waals surface area contributed by atoms with Crippen molar-refractivity contribution in [1.29, 1.82) is 0 Å². The highest BCUT2D eigenvalue weighted by atomic mass is 16.1. The van der Waals surface area contributed by atoms with Crippen LogP contribution in [0.1, 0.15) is 47.5 Å². The summed E-state index contributed by atoms with van der Waals surface area (Å²) < 4.78 is 0. The van der Waals surface area contributed by atoms with E-state index in [2.05, 4.69) is 39.5 Å². The molecule has 0 amide bonds. The summed E-state index contributed by atoms with van der Waals surface area (Å²) in [5, 5.41) is 0. The SMILES string of the molecule is CC1CC(=O)CCN1CC1C(C)(C)C1(C)C. The van der Waals surface area contributed by atoms with Gasteiger partial charge in [-0.25, -0.2) is 0 Å². The first-order valence-corrected chi connectivity index (χ1v) is 6.52. The minimum absolute atomic E-state index is 0.443. The number of nitrogens with zero attached hydrogens (tertiary/aromatic N) is 1. The summed E-state index contributed by atoms with van der Waals surface area (Å²) in [7, 11) is 0. The van der Waals surface area contributed by atoms with E-state index in [9.17, 15) is 4.79 Å². The lowest BCUT2D eigenvalue weighted by molar-refractivity contribution is -0.123. The Morgan fingerprint density at radius 3 is 2.25 bits per heavy atom. The number of piperidine rings is 1. The van der Waals surface area contributed by atoms with Gasteiger partial charge in [-0.2, -0.15) is 0 Å². The summed E-state index contributed by atoms with van der Waals surface area (Å²) in [6, 6.07) is 0.452. The second-order valence-electron chi connectivity index (χ2n) is 6.83. The summed E-state index contributed by atoms with van der Waals surface area (Å²) in [4.78, 5) is 13.9. The molecule has 0 aromatic heterocycles. The number of likely N-dealkylation sites (tertiary alicyclic amines) is 1. The molecule has 1 unspecified atom stereocenters. The first kappa shape index (κ1) is 12.1. The molecular weight excluding hydrogens is 198 g/mol. The molecule has 2 rings (SSSR count). The van der Waals surface area contributed by atoms with Crippen LogP contribution in [0.15, 0.2) is 0 Å². The van der Waals surface area contributed by atoms with E-state index in [1.165, 1.54) is 6.54 Å². The Labute approximate surface area is 99.4 Å². The molecule has 2 aliphatic rings. The van der Waals surface area contributed by atoms with Crippen molar-refractivity contribution in [3.05, 3.63) is 0 Å². The summed E-state index contributed by atoms with van der Waals surface area (Å²) in [5.74, 6) is 1.23. The molecule has 2 heteroatoms. The first-order valence-electron chi connectivity index (χ1n) is 6.52. The zero-order valence-corrected chi connectivity index (χ0v) is 11.3. The van der Waals surface area contributed by atoms with Gasteiger partial charge in [-0.1, -0.05) is 27.7 Å². The standard InChI is InChI=1S/C14H25NO/c1-10-8-11(16)6-7-15(10)9-12-13(2,3)14(12,4)5/h10,12H,6-9H2,1-5H3. The van der Waals surface area contributed by atoms with Crippen molar-refractivity contribution in [1.82, 2.24) is 4.90 Å². The van der Waals surface area contributed by atoms with E-state index >= 15 is 0 Å². The van der Waals surface area contributed by atoms with Crippen LogP contribution >= 0.6 is 0 Å². The zero-order valence-electron chi connectivity index (χ0n) is 11.3. The third kappa shape index (κ3) is 1.71. The van der Waals surface area contributed by atoms with Crippen molar-refractivity contribution in [3.63, 3.8) is 0 Å². The average molecular weight is 223 g/mol. The molecule has 1 aliphatic heterocycles. The predicted molar refractivity (Wildman–Crippen MR) is 66.3 cm³/mol. The molecule has 1 heterocycles. The van der Waals surface area contributed by atoms with Gasteiger partial charge in [0, 0.05) is 32.0 Å². The van der Waals surface area contributed by atoms with Gasteiger partial charge in [0.15, 0.2) is 0 Å². The minimum Gasteiger partial charge on any atom is -0.300 e. The lowest BCUT2D eigenvalue weighted by atomic mass is 10.0. The average Bonchev–Trinajstić information content (AvgIpc) is 2.52. The largest absolute Gasteiger partial charge is 0.300 e. The quantitative estimate of drug-likeness (QED) is 0.717. The maximum absolute atomic E-state index is 11.3. The van der Waals surface area contributed by atoms with Crippen LogP contribution in [0, 0.1) is 16.7 Å². The van der Waals surface area contributed by atoms with Gasteiger partial charge in [0.2, 0.25) is 0 Å². The number of hydrogen-bond donors (Lipinski definition) is 0. The van der Waals surface area contributed by atoms with Gasteiger partial charge in [0.1, 0.15) is 5.78 Å². The van der Waals surface area contributed by atoms with Gasteiger partial charge in [0.25, 0.3) is 0 Å². The minimum atomic E-state index is 0.443. The molecule has 0 radical (unpaired) electrons. The highest BCUT2D eigenvalue weighted by molar-refractivity contribution is 5.79. The van der Waals surface area contributed by atoms with E-state index in [1.807, 2.05) is 0 Å². The van der Waals surface area contributed by atoms with E-state index < -0.39 is 0 Å². The monoisotopic (exact) mass is 223 g/mol. The Balaban J connectivity index is 1.95. The third-order valence-electron chi connectivity index (χ3n) is 5.56. The number of hydrogen-bond acceptors (Lipinski definition) is 2. The number of carbonyl (C=O) groups excluding carboxylic acids is 1. The van der Waals surface area contributed by atoms with Gasteiger partial charge < -0.3 is 0 Å². The van der Waals surface area contributed by atoms with Crippen LogP contribution in [0.4, 0.5) is 0 Å². The zero-order chi connectivity index (χ0) is 12.1. The normalized spacial score (nSPS) is 34.1. The van der Waals surface area contributed by atoms with Gasteiger partial charge in [-0.15, -0.1) is 0 Å². The second kappa shape index (κ2) is 3.56. The first-order chi connectivity index (χ1) is 7.26. The Kier molecular flexibility index (Phi) is 2.69. The van der Waals surface area contributed by atoms with Gasteiger partial charge in [-0.05, 0) is 23.7 Å². The van der Waals surface area contributed by atoms with Crippen molar-refractivity contribution in [3.8, 4) is 0 Å². The highest BCUT2D eigenvalue weighted by Crippen LogP contribution is 2.68. The van der Waals surface area contributed by atoms with Crippen LogP contribution in [0.3, 0.4) is 0 Å². The van der Waals surface area contributed by atoms with Gasteiger partial charge in [0.05, 0.1) is 0 Å². The van der Waals surface area contributed by atoms with Gasteiger partial charge >= 0.3 is 0 Å². The fourth-order valence-corrected chi connectivity index (χ4v) is 3.34. The molecule has 0 aromatic rings. The van der Waals surface area contributed by atoms with Crippen LogP contribution in [0.5, 0.6) is 0 Å². The van der Waals surface area contributed by atoms with E-state index in [0.717, 1.165) is 25.3 Å². The molecule has 1 saturated heterocycles. The number of ketones is 1. The molecule has 2 fully saturated rings. The Bertz CT molecular complexity index is 292. The second-order valence-corrected chi connectivity index (χ2v) is 6.83. The molecular formula is C14H25NO. The van der Waals surface area contributed by atoms with Crippen LogP contribution < -0.4 is 0 Å². The topological polar surface area (TPSA) is 20.3 Å². The van der Waals surface area contributed by atoms with E-state index in [4.69, 9.17) is 0 Å². The van der Waals surface area contributed by atoms with Crippen LogP contribution in [0.2, 0.25) is 0 Å². The van der Waals surface area contributed by atoms with Crippen LogP contribution in [-0.4, -0.2) is 29.8 Å². The Morgan fingerprint density at radius 2 is 1.81 bits per heavy atom. The van der Waals surface area contributed by atoms with Gasteiger partial charge in [-0.3, -0.25) is 9.69 Å². The maximum Gasteiger partial charge on any atom is 0.135 e. The molecule has 0 aromatic carbocycles. The number of carbonyl (C=O) groups is 1. The maximum atomic E-state index is 11.3. The number of rotatable bonds is 2. The molecule has 1 saturated carbocycles. The van der Waals surface area contributed by atoms with Crippen molar-refractivity contribution < 1.29 is 4.79 Å². The number of Topliss-reactive ketones (excluding diaryl/α,β-unsaturated/α-hetero) is 1. The summed E-state index contributed by atoms with van der Waals surface area (Å²) >= 11 is 0. The predicted octanol–water partition coefficient (Wildman–Crippen LogP) is 2.72. The smallest absolute Gasteiger partial charge is 0.135 e. The highest BCUT2D eigenvalue weighted by Gasteiger charge is 2.64. The molecule has 0 bridgehead atoms. The molecule has 1 atom stereocenters. The lowest BCUT2D eigenvalue weighted by Crippen LogP contribution is -2.42. The fourth-order valence-electron chi connectivity index (χ4n) is 3.34. The van der Waals surface area contributed by atoms with Crippen molar-refractivity contribution in [2.75, 3.05) is 13.1 Å². The molecule has 16 heavy (non-hydrogen) atoms. The van der Waals surface area contributed by atoms with Crippen LogP contribution in [0.25, 0.3) is 0 Å². The molecule has 0 N–H and O–H groups in total. The Morgan fingerprint density at radius 1 is 1.25 bits per heavy atom. The summed E-state index contributed by atoms with van der Waals surface area (Å²) in [6.45, 7) is 13.8. The van der Waals surface area contributed by atoms with E-state index in [0.29, 0.717) is 22.7 Å². The Hall–Kier alpha value is -0.370. The van der Waals surface area contributed by atoms with Crippen molar-refractivity contribution >= 4 is 5.78 Å². The molecule has 92 valence electrons. The summed E-state index contributed by atoms with van der Waals surface area (Å²) in [6.07, 6.45) is 1.52. The summed E-state index contributed by atoms with van der Waals surface area (Å²) in [5.41, 5.74) is 0.933. The van der Waals surface area contributed by atoms with Crippen molar-refractivity contribution in [2.24, 2.45) is 16.7 Å². The van der Waals surface area contributed by atoms with Crippen LogP contribution in [-0.2, 0) is 4.79 Å². The third-order valence-corrected chi connectivity index (χ3v) is 5.56. The fraction of sp³-hybridized carbons (Fsp3) is 0.929. The van der Waals surface area contributed by atoms with Crippen molar-refractivity contribution in [2.45, 2.75) is 53.5 Å². The molecule has 0 spiro atoms.